The molecule has 0 unspecified atom stereocenters. The second-order valence-electron chi connectivity index (χ2n) is 26.8. The Bertz CT molecular complexity index is 5700. The molecule has 0 spiro atoms. The van der Waals surface area contributed by atoms with Crippen molar-refractivity contribution in [2.45, 2.75) is 83.1 Å². The predicted octanol–water partition coefficient (Wildman–Crippen LogP) is 27.7. The zero-order valence-electron chi connectivity index (χ0n) is 57.7. The first-order chi connectivity index (χ1) is 46.5. The SMILES string of the molecule is Cc1ccc2cc3c(C)cccc3cc2c1.Cc1ccc2cc3ccc(C)cc3cc2c1.Cc1ccc2cc3cccc(C)c3cc2c1.Cc1cccc2cc3c(C)cccc3cc12.Cc1cccc2cc3cccc(C)c3cc12.Cc1cccc2cc3ccccc3c(C)c12. The van der Waals surface area contributed by atoms with Crippen molar-refractivity contribution in [1.82, 2.24) is 0 Å². The number of hydrogen-bond acceptors (Lipinski definition) is 0. The Kier molecular flexibility index (Phi) is 18.3. The van der Waals surface area contributed by atoms with Gasteiger partial charge < -0.3 is 0 Å². The van der Waals surface area contributed by atoms with Crippen LogP contribution in [0.5, 0.6) is 0 Å². The van der Waals surface area contributed by atoms with Crippen LogP contribution in [0.25, 0.3) is 129 Å². The maximum absolute atomic E-state index is 2.31. The van der Waals surface area contributed by atoms with Crippen LogP contribution in [-0.4, -0.2) is 0 Å². The fourth-order valence-electron chi connectivity index (χ4n) is 14.2. The van der Waals surface area contributed by atoms with Crippen molar-refractivity contribution >= 4 is 129 Å². The molecular weight excluding hydrogens is 1150 g/mol. The Labute approximate surface area is 566 Å². The molecule has 0 fully saturated rings. The van der Waals surface area contributed by atoms with Crippen LogP contribution in [0.2, 0.25) is 0 Å². The fraction of sp³-hybridized carbons (Fsp3) is 0.125. The summed E-state index contributed by atoms with van der Waals surface area (Å²) in [5.74, 6) is 0. The first kappa shape index (κ1) is 63.8. The van der Waals surface area contributed by atoms with E-state index in [1.54, 1.807) is 0 Å². The van der Waals surface area contributed by atoms with E-state index in [1.165, 1.54) is 196 Å². The molecule has 96 heavy (non-hydrogen) atoms. The second-order valence-corrected chi connectivity index (χ2v) is 26.8. The van der Waals surface area contributed by atoms with Gasteiger partial charge in [-0.05, 0) is 324 Å². The normalized spacial score (nSPS) is 11.1. The Morgan fingerprint density at radius 1 is 0.135 bits per heavy atom. The van der Waals surface area contributed by atoms with E-state index in [1.807, 2.05) is 0 Å². The summed E-state index contributed by atoms with van der Waals surface area (Å²) in [6, 6.07) is 106. The lowest BCUT2D eigenvalue weighted by molar-refractivity contribution is 1.49. The molecular formula is C96H84. The smallest absolute Gasteiger partial charge is 0.0119 e. The highest BCUT2D eigenvalue weighted by Gasteiger charge is 2.08. The van der Waals surface area contributed by atoms with Gasteiger partial charge in [-0.1, -0.05) is 247 Å². The van der Waals surface area contributed by atoms with Crippen LogP contribution in [0.1, 0.15) is 66.8 Å². The van der Waals surface area contributed by atoms with Crippen LogP contribution in [-0.2, 0) is 0 Å². The fourth-order valence-corrected chi connectivity index (χ4v) is 14.2. The number of hydrogen-bond donors (Lipinski definition) is 0. The van der Waals surface area contributed by atoms with E-state index in [2.05, 4.69) is 374 Å². The zero-order chi connectivity index (χ0) is 66.7. The van der Waals surface area contributed by atoms with E-state index in [0.717, 1.165) is 0 Å². The van der Waals surface area contributed by atoms with Crippen LogP contribution in [0.15, 0.2) is 291 Å². The van der Waals surface area contributed by atoms with E-state index in [4.69, 9.17) is 0 Å². The molecule has 0 bridgehead atoms. The molecule has 0 aromatic heterocycles. The monoisotopic (exact) mass is 1240 g/mol. The minimum atomic E-state index is 1.32. The van der Waals surface area contributed by atoms with Gasteiger partial charge in [0.15, 0.2) is 0 Å². The third-order valence-electron chi connectivity index (χ3n) is 19.5. The highest BCUT2D eigenvalue weighted by Crippen LogP contribution is 2.33. The van der Waals surface area contributed by atoms with Gasteiger partial charge in [0, 0.05) is 0 Å². The van der Waals surface area contributed by atoms with Crippen LogP contribution in [0, 0.1) is 83.1 Å². The van der Waals surface area contributed by atoms with Crippen LogP contribution in [0.4, 0.5) is 0 Å². The molecule has 18 aromatic rings. The molecule has 0 heterocycles. The highest BCUT2D eigenvalue weighted by molar-refractivity contribution is 6.06. The second kappa shape index (κ2) is 27.6. The number of rotatable bonds is 0. The summed E-state index contributed by atoms with van der Waals surface area (Å²) in [4.78, 5) is 0. The lowest BCUT2D eigenvalue weighted by Gasteiger charge is -2.09. The molecule has 0 amide bonds. The maximum atomic E-state index is 2.31. The van der Waals surface area contributed by atoms with Gasteiger partial charge >= 0.3 is 0 Å². The molecule has 0 aliphatic heterocycles. The largest absolute Gasteiger partial charge is 0.0616 e. The Balaban J connectivity index is 0.000000104. The van der Waals surface area contributed by atoms with Gasteiger partial charge in [-0.2, -0.15) is 0 Å². The first-order valence-electron chi connectivity index (χ1n) is 33.8. The molecule has 18 rings (SSSR count). The summed E-state index contributed by atoms with van der Waals surface area (Å²) in [6.07, 6.45) is 0. The van der Waals surface area contributed by atoms with Gasteiger partial charge in [0.05, 0.1) is 0 Å². The lowest BCUT2D eigenvalue weighted by Crippen LogP contribution is -1.85. The highest BCUT2D eigenvalue weighted by atomic mass is 14.1. The van der Waals surface area contributed by atoms with E-state index in [-0.39, 0.29) is 0 Å². The summed E-state index contributed by atoms with van der Waals surface area (Å²) >= 11 is 0. The quantitative estimate of drug-likeness (QED) is 0.133. The minimum Gasteiger partial charge on any atom is -0.0616 e. The van der Waals surface area contributed by atoms with Gasteiger partial charge in [-0.3, -0.25) is 0 Å². The van der Waals surface area contributed by atoms with E-state index < -0.39 is 0 Å². The van der Waals surface area contributed by atoms with Crippen molar-refractivity contribution in [3.05, 3.63) is 358 Å². The van der Waals surface area contributed by atoms with Gasteiger partial charge in [0.1, 0.15) is 0 Å². The van der Waals surface area contributed by atoms with Crippen LogP contribution >= 0.6 is 0 Å². The van der Waals surface area contributed by atoms with E-state index in [9.17, 15) is 0 Å². The van der Waals surface area contributed by atoms with Gasteiger partial charge in [0.25, 0.3) is 0 Å². The standard InChI is InChI=1S/6C16H14/c1-11-3-5-13-9-14-6-4-12(2)8-16(14)10-15(13)7-11;1-11-5-3-7-13-10-16-12(2)6-4-8-14(16)9-15(11)13;1-11-5-3-7-13-9-14-8-4-6-12(2)16(14)10-15(11)13;1-11-6-5-8-14-10-13-7-3-4-9-15(13)12(2)16(11)14;1-11-6-7-13-10-16-12(2)4-3-5-14(16)9-15(13)8-11;1-11-6-7-13-9-14-5-3-4-12(2)16(14)10-15(13)8-11/h6*3-10H,1-2H3. The molecule has 0 saturated carbocycles. The van der Waals surface area contributed by atoms with Gasteiger partial charge in [0.2, 0.25) is 0 Å². The van der Waals surface area contributed by atoms with Crippen molar-refractivity contribution in [1.29, 1.82) is 0 Å². The lowest BCUT2D eigenvalue weighted by atomic mass is 9.95. The number of fused-ring (bicyclic) bond motifs is 12. The molecule has 18 aromatic carbocycles. The Morgan fingerprint density at radius 3 is 0.760 bits per heavy atom. The molecule has 0 aliphatic rings. The third kappa shape index (κ3) is 13.7. The topological polar surface area (TPSA) is 0 Å². The number of aryl methyl sites for hydroxylation is 12. The average Bonchev–Trinajstić information content (AvgIpc) is 0.954. The molecule has 0 nitrogen and oxygen atoms in total. The van der Waals surface area contributed by atoms with Gasteiger partial charge in [-0.25, -0.2) is 0 Å². The van der Waals surface area contributed by atoms with Crippen molar-refractivity contribution in [3.8, 4) is 0 Å². The zero-order valence-corrected chi connectivity index (χ0v) is 57.7. The summed E-state index contributed by atoms with van der Waals surface area (Å²) in [5.41, 5.74) is 16.1. The van der Waals surface area contributed by atoms with Gasteiger partial charge in [-0.15, -0.1) is 0 Å². The average molecular weight is 1240 g/mol. The minimum absolute atomic E-state index is 1.32. The molecule has 0 N–H and O–H groups in total. The molecule has 0 atom stereocenters. The summed E-state index contributed by atoms with van der Waals surface area (Å²) in [5, 5.41) is 32.2. The molecule has 468 valence electrons. The Morgan fingerprint density at radius 2 is 0.365 bits per heavy atom. The molecule has 0 radical (unpaired) electrons. The van der Waals surface area contributed by atoms with Crippen molar-refractivity contribution in [3.63, 3.8) is 0 Å². The molecule has 0 heteroatoms. The summed E-state index contributed by atoms with van der Waals surface area (Å²) < 4.78 is 0. The van der Waals surface area contributed by atoms with E-state index >= 15 is 0 Å². The van der Waals surface area contributed by atoms with Crippen molar-refractivity contribution < 1.29 is 0 Å². The summed E-state index contributed by atoms with van der Waals surface area (Å²) in [7, 11) is 0. The molecule has 0 saturated heterocycles. The maximum Gasteiger partial charge on any atom is -0.0119 e. The predicted molar refractivity (Wildman–Crippen MR) is 426 cm³/mol. The summed E-state index contributed by atoms with van der Waals surface area (Å²) in [6.45, 7) is 26.0. The Hall–Kier alpha value is -10.9. The number of benzene rings is 18. The third-order valence-corrected chi connectivity index (χ3v) is 19.5. The first-order valence-corrected chi connectivity index (χ1v) is 33.8. The van der Waals surface area contributed by atoms with Crippen LogP contribution in [0.3, 0.4) is 0 Å². The molecule has 0 aliphatic carbocycles. The van der Waals surface area contributed by atoms with Crippen molar-refractivity contribution in [2.24, 2.45) is 0 Å². The van der Waals surface area contributed by atoms with E-state index in [0.29, 0.717) is 0 Å². The van der Waals surface area contributed by atoms with Crippen LogP contribution < -0.4 is 0 Å². The van der Waals surface area contributed by atoms with Crippen molar-refractivity contribution in [2.75, 3.05) is 0 Å².